The highest BCUT2D eigenvalue weighted by atomic mass is 32.2. The number of hydrogen-bond donors (Lipinski definition) is 2. The van der Waals surface area contributed by atoms with Gasteiger partial charge >= 0.3 is 5.97 Å². The molecule has 10 unspecified atom stereocenters. The summed E-state index contributed by atoms with van der Waals surface area (Å²) < 4.78 is 37.7. The first-order chi connectivity index (χ1) is 24.5. The maximum Gasteiger partial charge on any atom is 0.312 e. The van der Waals surface area contributed by atoms with Crippen LogP contribution in [0.15, 0.2) is 36.0 Å². The van der Waals surface area contributed by atoms with E-state index in [1.807, 2.05) is 0 Å². The number of halogens is 1. The van der Waals surface area contributed by atoms with E-state index in [4.69, 9.17) is 0 Å². The van der Waals surface area contributed by atoms with Gasteiger partial charge in [-0.3, -0.25) is 4.79 Å². The van der Waals surface area contributed by atoms with Gasteiger partial charge in [-0.15, -0.1) is 6.58 Å². The normalized spacial score (nSPS) is 45.4. The highest BCUT2D eigenvalue weighted by Gasteiger charge is 2.70. The number of fused-ring (bicyclic) bond motifs is 7. The molecule has 0 aromatic carbocycles. The molecule has 6 aliphatic carbocycles. The highest BCUT2D eigenvalue weighted by Crippen LogP contribution is 2.77. The molecule has 8 heteroatoms. The maximum atomic E-state index is 14.0. The standard InChI is InChI=1S/C44H69FN2O4S/c1-7-31-11-20-44(30-46-23-8-24-47-25-27-52(50,51)28-26-47)22-21-41(5)34(37(31)44)9-10-36-40(4)16-14-33(39(2,3)35(40)15-17-42(36,41)6)32-12-18-43(29-45,19-13-32)38(48)49/h7,12,14,31,34-37,46H,1,8-11,13,15-30H2,2-6H3,(H,48,49). The van der Waals surface area contributed by atoms with Gasteiger partial charge in [-0.1, -0.05) is 52.8 Å². The predicted molar refractivity (Wildman–Crippen MR) is 208 cm³/mol. The second-order valence-electron chi connectivity index (χ2n) is 20.2. The molecule has 4 saturated carbocycles. The molecule has 7 aliphatic rings. The molecule has 1 heterocycles. The summed E-state index contributed by atoms with van der Waals surface area (Å²) in [5, 5.41) is 13.8. The van der Waals surface area contributed by atoms with Crippen LogP contribution >= 0.6 is 0 Å². The van der Waals surface area contributed by atoms with Crippen LogP contribution in [0, 0.1) is 62.1 Å². The third-order valence-electron chi connectivity index (χ3n) is 17.9. The van der Waals surface area contributed by atoms with Crippen molar-refractivity contribution in [2.24, 2.45) is 62.1 Å². The molecule has 0 aromatic rings. The topological polar surface area (TPSA) is 86.7 Å². The first kappa shape index (κ1) is 38.8. The molecule has 292 valence electrons. The summed E-state index contributed by atoms with van der Waals surface area (Å²) in [7, 11) is -2.83. The fourth-order valence-corrected chi connectivity index (χ4v) is 16.0. The van der Waals surface area contributed by atoms with Gasteiger partial charge in [0.05, 0.1) is 16.9 Å². The number of carboxylic acids is 1. The summed E-state index contributed by atoms with van der Waals surface area (Å²) in [5.74, 6) is 2.84. The Kier molecular flexibility index (Phi) is 10.1. The van der Waals surface area contributed by atoms with Crippen molar-refractivity contribution in [3.05, 3.63) is 36.0 Å². The van der Waals surface area contributed by atoms with Crippen LogP contribution in [0.4, 0.5) is 4.39 Å². The number of nitrogens with one attached hydrogen (secondary N) is 1. The van der Waals surface area contributed by atoms with Crippen LogP contribution in [0.3, 0.4) is 0 Å². The van der Waals surface area contributed by atoms with E-state index >= 15 is 0 Å². The molecule has 0 amide bonds. The highest BCUT2D eigenvalue weighted by molar-refractivity contribution is 7.91. The average Bonchev–Trinajstić information content (AvgIpc) is 3.47. The van der Waals surface area contributed by atoms with Crippen molar-refractivity contribution >= 4 is 15.8 Å². The number of alkyl halides is 1. The Bertz CT molecular complexity index is 1580. The van der Waals surface area contributed by atoms with Crippen LogP contribution < -0.4 is 5.32 Å². The second-order valence-corrected chi connectivity index (χ2v) is 22.5. The molecule has 1 aliphatic heterocycles. The Morgan fingerprint density at radius 2 is 1.71 bits per heavy atom. The van der Waals surface area contributed by atoms with Crippen molar-refractivity contribution in [2.45, 2.75) is 118 Å². The number of sulfone groups is 1. The molecule has 6 nitrogen and oxygen atoms in total. The molecule has 2 N–H and O–H groups in total. The average molecular weight is 741 g/mol. The van der Waals surface area contributed by atoms with Crippen LogP contribution in [0.2, 0.25) is 0 Å². The second kappa shape index (κ2) is 13.6. The van der Waals surface area contributed by atoms with Gasteiger partial charge < -0.3 is 15.3 Å². The monoisotopic (exact) mass is 740 g/mol. The summed E-state index contributed by atoms with van der Waals surface area (Å²) in [6, 6.07) is 0. The van der Waals surface area contributed by atoms with Gasteiger partial charge in [-0.25, -0.2) is 12.8 Å². The van der Waals surface area contributed by atoms with E-state index in [0.717, 1.165) is 32.5 Å². The quantitative estimate of drug-likeness (QED) is 0.172. The minimum absolute atomic E-state index is 0.00463. The van der Waals surface area contributed by atoms with E-state index in [2.05, 4.69) is 69.6 Å². The van der Waals surface area contributed by atoms with E-state index in [0.29, 0.717) is 84.3 Å². The molecule has 10 atom stereocenters. The van der Waals surface area contributed by atoms with Gasteiger partial charge in [-0.2, -0.15) is 0 Å². The number of rotatable bonds is 10. The third kappa shape index (κ3) is 5.96. The van der Waals surface area contributed by atoms with Crippen LogP contribution in [0.5, 0.6) is 0 Å². The van der Waals surface area contributed by atoms with Gasteiger partial charge in [0.15, 0.2) is 9.84 Å². The molecule has 0 aromatic heterocycles. The molecule has 7 rings (SSSR count). The molecule has 0 spiro atoms. The van der Waals surface area contributed by atoms with Crippen LogP contribution in [0.1, 0.15) is 118 Å². The van der Waals surface area contributed by atoms with Gasteiger partial charge in [0.25, 0.3) is 0 Å². The number of nitrogens with zero attached hydrogens (tertiary/aromatic N) is 1. The molecule has 0 bridgehead atoms. The molecular weight excluding hydrogens is 672 g/mol. The molecule has 52 heavy (non-hydrogen) atoms. The van der Waals surface area contributed by atoms with Crippen molar-refractivity contribution in [2.75, 3.05) is 50.9 Å². The lowest BCUT2D eigenvalue weighted by atomic mass is 9.32. The minimum Gasteiger partial charge on any atom is -0.481 e. The Hall–Kier alpha value is -1.51. The smallest absolute Gasteiger partial charge is 0.312 e. The summed E-state index contributed by atoms with van der Waals surface area (Å²) in [4.78, 5) is 14.3. The van der Waals surface area contributed by atoms with E-state index in [1.165, 1.54) is 62.5 Å². The number of carboxylic acid groups (broad SMARTS) is 1. The SMILES string of the molecule is C=CC1CCC2(CNCCCN3CCS(=O)(=O)CC3)CCC3(C)C(CCC4C5(C)CC=C(C6=CCC(CF)(C(=O)O)CC6)C(C)(C)C5CCC43C)C12. The molecule has 0 radical (unpaired) electrons. The maximum absolute atomic E-state index is 14.0. The lowest BCUT2D eigenvalue weighted by Crippen LogP contribution is -2.66. The zero-order chi connectivity index (χ0) is 37.4. The Labute approximate surface area is 314 Å². The van der Waals surface area contributed by atoms with Crippen LogP contribution in [-0.2, 0) is 14.6 Å². The molecular formula is C44H69FN2O4S. The predicted octanol–water partition coefficient (Wildman–Crippen LogP) is 8.65. The largest absolute Gasteiger partial charge is 0.481 e. The van der Waals surface area contributed by atoms with Gasteiger partial charge in [0.2, 0.25) is 0 Å². The number of aliphatic carboxylic acids is 1. The van der Waals surface area contributed by atoms with Crippen molar-refractivity contribution in [1.82, 2.24) is 10.2 Å². The number of carbonyl (C=O) groups is 1. The number of hydrogen-bond acceptors (Lipinski definition) is 5. The number of allylic oxidation sites excluding steroid dienone is 5. The van der Waals surface area contributed by atoms with Crippen molar-refractivity contribution in [3.63, 3.8) is 0 Å². The third-order valence-corrected chi connectivity index (χ3v) is 19.6. The lowest BCUT2D eigenvalue weighted by Gasteiger charge is -2.72. The fraction of sp³-hybridized carbons (Fsp3) is 0.841. The molecule has 5 fully saturated rings. The summed E-state index contributed by atoms with van der Waals surface area (Å²) in [6.07, 6.45) is 20.7. The van der Waals surface area contributed by atoms with Crippen molar-refractivity contribution in [1.29, 1.82) is 0 Å². The summed E-state index contributed by atoms with van der Waals surface area (Å²) in [5.41, 5.74) is 2.56. The first-order valence-corrected chi connectivity index (χ1v) is 22.8. The summed E-state index contributed by atoms with van der Waals surface area (Å²) in [6.45, 7) is 21.0. The minimum atomic E-state index is -2.83. The van der Waals surface area contributed by atoms with Gasteiger partial charge in [0.1, 0.15) is 6.67 Å². The van der Waals surface area contributed by atoms with Crippen LogP contribution in [0.25, 0.3) is 0 Å². The van der Waals surface area contributed by atoms with Crippen LogP contribution in [-0.4, -0.2) is 75.3 Å². The van der Waals surface area contributed by atoms with E-state index in [9.17, 15) is 22.7 Å². The van der Waals surface area contributed by atoms with Gasteiger partial charge in [-0.05, 0) is 164 Å². The van der Waals surface area contributed by atoms with Crippen molar-refractivity contribution < 1.29 is 22.7 Å². The zero-order valence-electron chi connectivity index (χ0n) is 33.1. The van der Waals surface area contributed by atoms with E-state index in [-0.39, 0.29) is 16.2 Å². The Morgan fingerprint density at radius 3 is 2.37 bits per heavy atom. The fourth-order valence-electron chi connectivity index (χ4n) is 14.8. The van der Waals surface area contributed by atoms with Crippen molar-refractivity contribution in [3.8, 4) is 0 Å². The zero-order valence-corrected chi connectivity index (χ0v) is 33.9. The Balaban J connectivity index is 1.07. The summed E-state index contributed by atoms with van der Waals surface area (Å²) >= 11 is 0. The van der Waals surface area contributed by atoms with E-state index < -0.39 is 27.9 Å². The first-order valence-electron chi connectivity index (χ1n) is 21.0. The van der Waals surface area contributed by atoms with Gasteiger partial charge in [0, 0.05) is 19.6 Å². The Morgan fingerprint density at radius 1 is 0.962 bits per heavy atom. The lowest BCUT2D eigenvalue weighted by molar-refractivity contribution is -0.226. The van der Waals surface area contributed by atoms with E-state index in [1.54, 1.807) is 0 Å². The molecule has 1 saturated heterocycles.